The van der Waals surface area contributed by atoms with Crippen molar-refractivity contribution >= 4 is 11.7 Å². The average Bonchev–Trinajstić information content (AvgIpc) is 2.80. The Bertz CT molecular complexity index is 969. The van der Waals surface area contributed by atoms with E-state index in [-0.39, 0.29) is 17.1 Å². The molecule has 0 aliphatic carbocycles. The lowest BCUT2D eigenvalue weighted by Gasteiger charge is -2.28. The van der Waals surface area contributed by atoms with Crippen molar-refractivity contribution in [3.8, 4) is 23.0 Å². The maximum Gasteiger partial charge on any atom is 0.220 e. The number of nitrogens with one attached hydrogen (secondary N) is 1. The Hall–Kier alpha value is -3.22. The number of amides is 1. The molecule has 0 saturated carbocycles. The summed E-state index contributed by atoms with van der Waals surface area (Å²) in [6.45, 7) is 7.65. The minimum Gasteiger partial charge on any atom is -0.493 e. The molecule has 1 aliphatic heterocycles. The highest BCUT2D eigenvalue weighted by Crippen LogP contribution is 2.35. The van der Waals surface area contributed by atoms with Gasteiger partial charge in [-0.25, -0.2) is 0 Å². The normalized spacial score (nSPS) is 12.8. The predicted molar refractivity (Wildman–Crippen MR) is 121 cm³/mol. The quantitative estimate of drug-likeness (QED) is 0.444. The van der Waals surface area contributed by atoms with Crippen molar-refractivity contribution in [1.82, 2.24) is 5.32 Å². The number of ether oxygens (including phenoxy) is 4. The number of fused-ring (bicyclic) bond motifs is 1. The lowest BCUT2D eigenvalue weighted by Crippen LogP contribution is -2.36. The van der Waals surface area contributed by atoms with Crippen molar-refractivity contribution in [2.24, 2.45) is 0 Å². The molecule has 0 atom stereocenters. The van der Waals surface area contributed by atoms with Crippen LogP contribution in [0.1, 0.15) is 49.5 Å². The van der Waals surface area contributed by atoms with Gasteiger partial charge in [-0.15, -0.1) is 0 Å². The van der Waals surface area contributed by atoms with E-state index >= 15 is 0 Å². The lowest BCUT2D eigenvalue weighted by molar-refractivity contribution is -0.121. The third kappa shape index (κ3) is 5.93. The van der Waals surface area contributed by atoms with Gasteiger partial charge in [-0.1, -0.05) is 19.9 Å². The molecule has 32 heavy (non-hydrogen) atoms. The van der Waals surface area contributed by atoms with Crippen molar-refractivity contribution in [2.45, 2.75) is 39.0 Å². The largest absolute Gasteiger partial charge is 0.493 e. The molecule has 2 aromatic carbocycles. The van der Waals surface area contributed by atoms with E-state index in [4.69, 9.17) is 18.9 Å². The summed E-state index contributed by atoms with van der Waals surface area (Å²) in [6, 6.07) is 11.0. The van der Waals surface area contributed by atoms with Gasteiger partial charge < -0.3 is 24.3 Å². The van der Waals surface area contributed by atoms with E-state index in [0.29, 0.717) is 56.3 Å². The average molecular weight is 442 g/mol. The summed E-state index contributed by atoms with van der Waals surface area (Å²) >= 11 is 0. The molecule has 0 spiro atoms. The molecule has 0 fully saturated rings. The summed E-state index contributed by atoms with van der Waals surface area (Å²) in [5.41, 5.74) is 1.38. The van der Waals surface area contributed by atoms with Crippen LogP contribution < -0.4 is 24.3 Å². The van der Waals surface area contributed by atoms with Gasteiger partial charge in [0.1, 0.15) is 13.2 Å². The van der Waals surface area contributed by atoms with Crippen LogP contribution >= 0.6 is 0 Å². The zero-order valence-corrected chi connectivity index (χ0v) is 19.2. The van der Waals surface area contributed by atoms with Crippen molar-refractivity contribution in [3.05, 3.63) is 47.5 Å². The van der Waals surface area contributed by atoms with Gasteiger partial charge in [-0.2, -0.15) is 0 Å². The van der Waals surface area contributed by atoms with Crippen LogP contribution in [0.2, 0.25) is 0 Å². The third-order valence-corrected chi connectivity index (χ3v) is 5.43. The summed E-state index contributed by atoms with van der Waals surface area (Å²) in [5, 5.41) is 3.01. The summed E-state index contributed by atoms with van der Waals surface area (Å²) < 4.78 is 22.3. The molecule has 7 heteroatoms. The molecule has 1 heterocycles. The van der Waals surface area contributed by atoms with Crippen LogP contribution in [-0.4, -0.2) is 45.2 Å². The fraction of sp³-hybridized carbons (Fsp3) is 0.440. The predicted octanol–water partition coefficient (Wildman–Crippen LogP) is 3.92. The van der Waals surface area contributed by atoms with Gasteiger partial charge >= 0.3 is 0 Å². The zero-order valence-electron chi connectivity index (χ0n) is 19.2. The Balaban J connectivity index is 1.45. The maximum atomic E-state index is 12.3. The number of hydrogen-bond donors (Lipinski definition) is 1. The van der Waals surface area contributed by atoms with Crippen molar-refractivity contribution < 1.29 is 28.5 Å². The number of ketones is 1. The minimum atomic E-state index is -0.256. The van der Waals surface area contributed by atoms with Crippen LogP contribution in [0, 0.1) is 0 Å². The van der Waals surface area contributed by atoms with E-state index in [9.17, 15) is 9.59 Å². The number of Topliss-reactive ketones (excluding diaryl/α,β-unsaturated/α-hetero) is 1. The maximum absolute atomic E-state index is 12.3. The first-order valence-corrected chi connectivity index (χ1v) is 10.8. The number of rotatable bonds is 10. The summed E-state index contributed by atoms with van der Waals surface area (Å²) in [5.74, 6) is 2.49. The second kappa shape index (κ2) is 10.4. The molecule has 0 bridgehead atoms. The topological polar surface area (TPSA) is 83.1 Å². The molecule has 1 amide bonds. The minimum absolute atomic E-state index is 0.0295. The first kappa shape index (κ1) is 23.4. The number of methoxy groups -OCH3 is 1. The molecule has 7 nitrogen and oxygen atoms in total. The van der Waals surface area contributed by atoms with E-state index < -0.39 is 0 Å². The second-order valence-corrected chi connectivity index (χ2v) is 8.39. The Morgan fingerprint density at radius 3 is 2.50 bits per heavy atom. The monoisotopic (exact) mass is 441 g/mol. The second-order valence-electron chi connectivity index (χ2n) is 8.39. The van der Waals surface area contributed by atoms with Gasteiger partial charge in [-0.05, 0) is 49.2 Å². The van der Waals surface area contributed by atoms with E-state index in [1.165, 1.54) is 14.0 Å². The molecular weight excluding hydrogens is 410 g/mol. The number of hydrogen-bond acceptors (Lipinski definition) is 6. The van der Waals surface area contributed by atoms with E-state index in [1.807, 2.05) is 18.2 Å². The number of carbonyl (C=O) groups is 2. The lowest BCUT2D eigenvalue weighted by atomic mass is 9.84. The van der Waals surface area contributed by atoms with Crippen LogP contribution in [0.25, 0.3) is 0 Å². The molecule has 2 aromatic rings. The number of benzene rings is 2. The van der Waals surface area contributed by atoms with Gasteiger partial charge in [-0.3, -0.25) is 9.59 Å². The smallest absolute Gasteiger partial charge is 0.220 e. The zero-order chi connectivity index (χ0) is 23.1. The molecular formula is C25H31NO6. The Morgan fingerprint density at radius 1 is 1.03 bits per heavy atom. The SMILES string of the molecule is COc1cc(C(C)=O)ccc1OCCCC(=O)NCC(C)(C)c1ccc2c(c1)OCCO2. The summed E-state index contributed by atoms with van der Waals surface area (Å²) in [7, 11) is 1.53. The van der Waals surface area contributed by atoms with Gasteiger partial charge in [0.15, 0.2) is 28.8 Å². The standard InChI is InChI=1S/C25H31NO6/c1-17(27)18-7-9-20(22(14-18)29-4)30-11-5-6-24(28)26-16-25(2,3)19-8-10-21-23(15-19)32-13-12-31-21/h7-10,14-15H,5-6,11-13,16H2,1-4H3,(H,26,28). The molecule has 0 unspecified atom stereocenters. The Kier molecular flexibility index (Phi) is 7.62. The van der Waals surface area contributed by atoms with E-state index in [2.05, 4.69) is 19.2 Å². The highest BCUT2D eigenvalue weighted by Gasteiger charge is 2.24. The van der Waals surface area contributed by atoms with Gasteiger partial charge in [0.2, 0.25) is 5.91 Å². The molecule has 0 radical (unpaired) electrons. The first-order chi connectivity index (χ1) is 15.3. The number of carbonyl (C=O) groups excluding carboxylic acids is 2. The Labute approximate surface area is 189 Å². The van der Waals surface area contributed by atoms with E-state index in [1.54, 1.807) is 18.2 Å². The van der Waals surface area contributed by atoms with Gasteiger partial charge in [0.05, 0.1) is 13.7 Å². The van der Waals surface area contributed by atoms with E-state index in [0.717, 1.165) is 17.1 Å². The van der Waals surface area contributed by atoms with Crippen LogP contribution in [0.15, 0.2) is 36.4 Å². The highest BCUT2D eigenvalue weighted by atomic mass is 16.6. The summed E-state index contributed by atoms with van der Waals surface area (Å²) in [4.78, 5) is 23.8. The van der Waals surface area contributed by atoms with Crippen LogP contribution in [-0.2, 0) is 10.2 Å². The molecule has 1 aliphatic rings. The van der Waals surface area contributed by atoms with Gasteiger partial charge in [0.25, 0.3) is 0 Å². The van der Waals surface area contributed by atoms with Gasteiger partial charge in [0, 0.05) is 23.9 Å². The van der Waals surface area contributed by atoms with Crippen molar-refractivity contribution in [1.29, 1.82) is 0 Å². The Morgan fingerprint density at radius 2 is 1.78 bits per heavy atom. The first-order valence-electron chi connectivity index (χ1n) is 10.8. The molecule has 1 N–H and O–H groups in total. The molecule has 0 aromatic heterocycles. The van der Waals surface area contributed by atoms with Crippen molar-refractivity contribution in [2.75, 3.05) is 33.5 Å². The van der Waals surface area contributed by atoms with Crippen LogP contribution in [0.4, 0.5) is 0 Å². The fourth-order valence-corrected chi connectivity index (χ4v) is 3.40. The van der Waals surface area contributed by atoms with Crippen LogP contribution in [0.3, 0.4) is 0 Å². The molecule has 0 saturated heterocycles. The van der Waals surface area contributed by atoms with Crippen LogP contribution in [0.5, 0.6) is 23.0 Å². The highest BCUT2D eigenvalue weighted by molar-refractivity contribution is 5.94. The fourth-order valence-electron chi connectivity index (χ4n) is 3.40. The molecule has 3 rings (SSSR count). The van der Waals surface area contributed by atoms with Crippen molar-refractivity contribution in [3.63, 3.8) is 0 Å². The summed E-state index contributed by atoms with van der Waals surface area (Å²) in [6.07, 6.45) is 0.916. The molecule has 172 valence electrons. The third-order valence-electron chi connectivity index (χ3n) is 5.43.